The van der Waals surface area contributed by atoms with Gasteiger partial charge in [0.15, 0.2) is 9.84 Å². The molecule has 0 aliphatic heterocycles. The lowest BCUT2D eigenvalue weighted by Gasteiger charge is -2.20. The Kier molecular flexibility index (Phi) is 3.58. The third-order valence-electron chi connectivity index (χ3n) is 3.11. The van der Waals surface area contributed by atoms with Gasteiger partial charge >= 0.3 is 0 Å². The van der Waals surface area contributed by atoms with Crippen LogP contribution in [0.4, 0.5) is 5.69 Å². The summed E-state index contributed by atoms with van der Waals surface area (Å²) >= 11 is 6.01. The zero-order valence-corrected chi connectivity index (χ0v) is 11.1. The fourth-order valence-electron chi connectivity index (χ4n) is 2.29. The smallest absolute Gasteiger partial charge is 0.152 e. The fraction of sp³-hybridized carbons (Fsp3) is 0.545. The van der Waals surface area contributed by atoms with E-state index in [4.69, 9.17) is 11.6 Å². The van der Waals surface area contributed by atoms with Gasteiger partial charge in [-0.15, -0.1) is 0 Å². The molecule has 2 rings (SSSR count). The highest BCUT2D eigenvalue weighted by molar-refractivity contribution is 7.91. The Morgan fingerprint density at radius 1 is 1.47 bits per heavy atom. The van der Waals surface area contributed by atoms with Crippen molar-refractivity contribution in [1.82, 2.24) is 4.98 Å². The monoisotopic (exact) mass is 274 g/mol. The summed E-state index contributed by atoms with van der Waals surface area (Å²) < 4.78 is 23.3. The maximum atomic E-state index is 11.6. The third kappa shape index (κ3) is 2.90. The van der Waals surface area contributed by atoms with Crippen LogP contribution in [0.5, 0.6) is 0 Å². The van der Waals surface area contributed by atoms with E-state index in [0.29, 0.717) is 17.1 Å². The number of anilines is 1. The van der Waals surface area contributed by atoms with Gasteiger partial charge < -0.3 is 5.32 Å². The minimum atomic E-state index is -3.01. The topological polar surface area (TPSA) is 59.1 Å². The molecule has 0 spiro atoms. The van der Waals surface area contributed by atoms with Crippen molar-refractivity contribution in [1.29, 1.82) is 0 Å². The Hall–Kier alpha value is -0.810. The number of hydrogen-bond acceptors (Lipinski definition) is 4. The number of halogens is 1. The molecule has 4 nitrogen and oxygen atoms in total. The van der Waals surface area contributed by atoms with E-state index < -0.39 is 9.84 Å². The largest absolute Gasteiger partial charge is 0.379 e. The molecule has 1 fully saturated rings. The molecule has 6 heteroatoms. The first-order chi connectivity index (χ1) is 7.98. The van der Waals surface area contributed by atoms with Crippen molar-refractivity contribution in [3.8, 4) is 0 Å². The fourth-order valence-corrected chi connectivity index (χ4v) is 3.84. The van der Waals surface area contributed by atoms with Crippen LogP contribution < -0.4 is 5.32 Å². The van der Waals surface area contributed by atoms with Crippen LogP contribution in [0.3, 0.4) is 0 Å². The third-order valence-corrected chi connectivity index (χ3v) is 5.10. The Balaban J connectivity index is 2.17. The molecule has 0 amide bonds. The van der Waals surface area contributed by atoms with Gasteiger partial charge in [-0.3, -0.25) is 4.98 Å². The summed E-state index contributed by atoms with van der Waals surface area (Å²) in [5.74, 6) is 0. The molecule has 1 aromatic heterocycles. The van der Waals surface area contributed by atoms with E-state index in [1.54, 1.807) is 18.5 Å². The summed E-state index contributed by atoms with van der Waals surface area (Å²) in [7, 11) is -3.01. The Labute approximate surface area is 106 Å². The maximum absolute atomic E-state index is 11.6. The van der Waals surface area contributed by atoms with Gasteiger partial charge in [0, 0.05) is 18.5 Å². The summed E-state index contributed by atoms with van der Waals surface area (Å²) in [6.45, 7) is 0. The highest BCUT2D eigenvalue weighted by atomic mass is 35.5. The molecule has 1 heterocycles. The first-order valence-corrected chi connectivity index (χ1v) is 7.86. The number of hydrogen-bond donors (Lipinski definition) is 1. The van der Waals surface area contributed by atoms with E-state index in [1.165, 1.54) is 6.26 Å². The lowest BCUT2D eigenvalue weighted by molar-refractivity contribution is 0.579. The molecular weight excluding hydrogens is 260 g/mol. The van der Waals surface area contributed by atoms with Crippen molar-refractivity contribution >= 4 is 27.1 Å². The van der Waals surface area contributed by atoms with Gasteiger partial charge in [-0.1, -0.05) is 11.6 Å². The summed E-state index contributed by atoms with van der Waals surface area (Å²) in [5, 5.41) is 3.44. The van der Waals surface area contributed by atoms with Crippen LogP contribution in [0.1, 0.15) is 19.3 Å². The molecule has 0 saturated heterocycles. The minimum absolute atomic E-state index is 0.0632. The van der Waals surface area contributed by atoms with Gasteiger partial charge in [0.25, 0.3) is 0 Å². The van der Waals surface area contributed by atoms with Crippen LogP contribution >= 0.6 is 11.6 Å². The molecule has 1 saturated carbocycles. The molecule has 0 aromatic carbocycles. The number of nitrogens with one attached hydrogen (secondary N) is 1. The lowest BCUT2D eigenvalue weighted by Crippen LogP contribution is -2.34. The highest BCUT2D eigenvalue weighted by Gasteiger charge is 2.34. The number of sulfone groups is 1. The van der Waals surface area contributed by atoms with E-state index in [2.05, 4.69) is 10.3 Å². The molecule has 1 aliphatic carbocycles. The molecule has 1 aliphatic rings. The standard InChI is InChI=1S/C11H15ClN2O2S/c1-17(15,16)11-4-2-3-9(11)14-10-7-13-6-5-8(10)12/h5-7,9,11,14H,2-4H2,1H3. The Morgan fingerprint density at radius 2 is 2.24 bits per heavy atom. The van der Waals surface area contributed by atoms with Gasteiger partial charge in [0.1, 0.15) is 0 Å². The summed E-state index contributed by atoms with van der Waals surface area (Å²) in [6, 6.07) is 1.63. The normalized spacial score (nSPS) is 24.8. The molecule has 94 valence electrons. The van der Waals surface area contributed by atoms with Crippen molar-refractivity contribution in [2.75, 3.05) is 11.6 Å². The number of aromatic nitrogens is 1. The number of rotatable bonds is 3. The molecule has 1 aromatic rings. The average molecular weight is 275 g/mol. The van der Waals surface area contributed by atoms with Crippen LogP contribution in [-0.4, -0.2) is 30.9 Å². The Morgan fingerprint density at radius 3 is 2.88 bits per heavy atom. The second kappa shape index (κ2) is 4.82. The second-order valence-corrected chi connectivity index (χ2v) is 7.08. The predicted molar refractivity (Wildman–Crippen MR) is 69.1 cm³/mol. The van der Waals surface area contributed by atoms with Gasteiger partial charge in [-0.05, 0) is 25.3 Å². The van der Waals surface area contributed by atoms with Crippen molar-refractivity contribution in [3.05, 3.63) is 23.5 Å². The molecule has 2 atom stereocenters. The zero-order valence-electron chi connectivity index (χ0n) is 9.56. The molecule has 17 heavy (non-hydrogen) atoms. The van der Waals surface area contributed by atoms with E-state index in [-0.39, 0.29) is 11.3 Å². The van der Waals surface area contributed by atoms with Gasteiger partial charge in [0.2, 0.25) is 0 Å². The second-order valence-electron chi connectivity index (χ2n) is 4.41. The minimum Gasteiger partial charge on any atom is -0.379 e. The van der Waals surface area contributed by atoms with Gasteiger partial charge in [-0.2, -0.15) is 0 Å². The van der Waals surface area contributed by atoms with E-state index in [9.17, 15) is 8.42 Å². The average Bonchev–Trinajstić information content (AvgIpc) is 2.69. The highest BCUT2D eigenvalue weighted by Crippen LogP contribution is 2.30. The van der Waals surface area contributed by atoms with Crippen molar-refractivity contribution in [2.45, 2.75) is 30.6 Å². The molecule has 0 radical (unpaired) electrons. The van der Waals surface area contributed by atoms with E-state index >= 15 is 0 Å². The number of pyridine rings is 1. The van der Waals surface area contributed by atoms with E-state index in [1.807, 2.05) is 0 Å². The molecule has 0 bridgehead atoms. The van der Waals surface area contributed by atoms with Crippen LogP contribution in [0.15, 0.2) is 18.5 Å². The molecule has 2 unspecified atom stereocenters. The maximum Gasteiger partial charge on any atom is 0.152 e. The van der Waals surface area contributed by atoms with Crippen LogP contribution in [0.25, 0.3) is 0 Å². The Bertz CT molecular complexity index is 504. The van der Waals surface area contributed by atoms with Crippen molar-refractivity contribution < 1.29 is 8.42 Å². The quantitative estimate of drug-likeness (QED) is 0.917. The first kappa shape index (κ1) is 12.6. The van der Waals surface area contributed by atoms with Crippen molar-refractivity contribution in [2.24, 2.45) is 0 Å². The summed E-state index contributed by atoms with van der Waals surface area (Å²) in [6.07, 6.45) is 7.02. The molecular formula is C11H15ClN2O2S. The SMILES string of the molecule is CS(=O)(=O)C1CCCC1Nc1cnccc1Cl. The van der Waals surface area contributed by atoms with Crippen LogP contribution in [0, 0.1) is 0 Å². The van der Waals surface area contributed by atoms with Gasteiger partial charge in [0.05, 0.1) is 22.2 Å². The summed E-state index contributed by atoms with van der Waals surface area (Å²) in [5.41, 5.74) is 0.703. The first-order valence-electron chi connectivity index (χ1n) is 5.53. The van der Waals surface area contributed by atoms with Crippen LogP contribution in [-0.2, 0) is 9.84 Å². The zero-order chi connectivity index (χ0) is 12.5. The van der Waals surface area contributed by atoms with Crippen LogP contribution in [0.2, 0.25) is 5.02 Å². The van der Waals surface area contributed by atoms with E-state index in [0.717, 1.165) is 12.8 Å². The lowest BCUT2D eigenvalue weighted by atomic mass is 10.2. The van der Waals surface area contributed by atoms with Gasteiger partial charge in [-0.25, -0.2) is 8.42 Å². The molecule has 1 N–H and O–H groups in total. The predicted octanol–water partition coefficient (Wildman–Crippen LogP) is 2.11. The summed E-state index contributed by atoms with van der Waals surface area (Å²) in [4.78, 5) is 3.98. The van der Waals surface area contributed by atoms with Crippen molar-refractivity contribution in [3.63, 3.8) is 0 Å². The number of nitrogens with zero attached hydrogens (tertiary/aromatic N) is 1.